The number of ether oxygens (including phenoxy) is 3. The smallest absolute Gasteiger partial charge is 0.235 e. The predicted octanol–water partition coefficient (Wildman–Crippen LogP) is 0.595. The van der Waals surface area contributed by atoms with Crippen LogP contribution in [0.4, 0.5) is 0 Å². The Labute approximate surface area is 208 Å². The van der Waals surface area contributed by atoms with Crippen molar-refractivity contribution in [2.45, 2.75) is 12.6 Å². The van der Waals surface area contributed by atoms with Gasteiger partial charge in [0.1, 0.15) is 43.9 Å². The van der Waals surface area contributed by atoms with E-state index in [9.17, 15) is 5.11 Å². The first kappa shape index (κ1) is 23.4. The van der Waals surface area contributed by atoms with E-state index in [4.69, 9.17) is 14.2 Å². The molecular formula is C25H31N5O4S+2. The Hall–Kier alpha value is -3.34. The minimum Gasteiger partial charge on any atom is -0.493 e. The van der Waals surface area contributed by atoms with E-state index < -0.39 is 0 Å². The lowest BCUT2D eigenvalue weighted by Gasteiger charge is -2.34. The van der Waals surface area contributed by atoms with E-state index in [2.05, 4.69) is 40.4 Å². The Bertz CT molecular complexity index is 1260. The number of methoxy groups -OCH3 is 3. The topological polar surface area (TPSA) is 87.0 Å². The van der Waals surface area contributed by atoms with Gasteiger partial charge >= 0.3 is 0 Å². The number of hydrogen-bond donors (Lipinski definition) is 3. The molecule has 35 heavy (non-hydrogen) atoms. The Morgan fingerprint density at radius 2 is 1.69 bits per heavy atom. The van der Waals surface area contributed by atoms with Crippen molar-refractivity contribution in [2.75, 3.05) is 47.5 Å². The summed E-state index contributed by atoms with van der Waals surface area (Å²) in [6.45, 7) is 5.00. The predicted molar refractivity (Wildman–Crippen MR) is 132 cm³/mol. The summed E-state index contributed by atoms with van der Waals surface area (Å²) in [4.78, 5) is 8.74. The summed E-state index contributed by atoms with van der Waals surface area (Å²) >= 11 is 1.47. The Morgan fingerprint density at radius 1 is 1.00 bits per heavy atom. The van der Waals surface area contributed by atoms with Gasteiger partial charge in [-0.2, -0.15) is 9.61 Å². The monoisotopic (exact) mass is 497 g/mol. The highest BCUT2D eigenvalue weighted by molar-refractivity contribution is 7.17. The van der Waals surface area contributed by atoms with Crippen LogP contribution < -0.4 is 24.0 Å². The fourth-order valence-corrected chi connectivity index (χ4v) is 6.11. The number of benzene rings is 2. The van der Waals surface area contributed by atoms with Crippen LogP contribution in [0.5, 0.6) is 23.1 Å². The van der Waals surface area contributed by atoms with Gasteiger partial charge in [0.15, 0.2) is 17.5 Å². The van der Waals surface area contributed by atoms with Crippen LogP contribution >= 0.6 is 11.3 Å². The maximum Gasteiger partial charge on any atom is 0.235 e. The Kier molecular flexibility index (Phi) is 6.76. The number of thiazole rings is 1. The van der Waals surface area contributed by atoms with Crippen molar-refractivity contribution >= 4 is 16.3 Å². The first-order valence-electron chi connectivity index (χ1n) is 11.7. The number of nitrogens with one attached hydrogen (secondary N) is 2. The molecule has 9 nitrogen and oxygen atoms in total. The lowest BCUT2D eigenvalue weighted by molar-refractivity contribution is -1.03. The second-order valence-corrected chi connectivity index (χ2v) is 9.72. The summed E-state index contributed by atoms with van der Waals surface area (Å²) in [6, 6.07) is 14.5. The molecule has 1 atom stereocenters. The van der Waals surface area contributed by atoms with Crippen LogP contribution in [0.2, 0.25) is 0 Å². The molecule has 1 saturated heterocycles. The van der Waals surface area contributed by atoms with Gasteiger partial charge in [-0.15, -0.1) is 0 Å². The zero-order chi connectivity index (χ0) is 24.4. The largest absolute Gasteiger partial charge is 0.493 e. The number of fused-ring (bicyclic) bond motifs is 1. The van der Waals surface area contributed by atoms with Crippen LogP contribution in [-0.4, -0.2) is 67.2 Å². The number of quaternary nitrogens is 2. The fourth-order valence-electron chi connectivity index (χ4n) is 5.00. The summed E-state index contributed by atoms with van der Waals surface area (Å²) in [7, 11) is 4.84. The number of nitrogens with zero attached hydrogens (tertiary/aromatic N) is 3. The summed E-state index contributed by atoms with van der Waals surface area (Å²) in [5.74, 6) is 1.88. The van der Waals surface area contributed by atoms with Gasteiger partial charge in [-0.25, -0.2) is 4.98 Å². The first-order valence-corrected chi connectivity index (χ1v) is 12.5. The third kappa shape index (κ3) is 4.52. The van der Waals surface area contributed by atoms with Gasteiger partial charge in [0, 0.05) is 11.1 Å². The van der Waals surface area contributed by atoms with Gasteiger partial charge < -0.3 is 29.1 Å². The van der Waals surface area contributed by atoms with E-state index in [1.165, 1.54) is 32.6 Å². The van der Waals surface area contributed by atoms with Crippen molar-refractivity contribution in [3.63, 3.8) is 0 Å². The molecule has 184 valence electrons. The van der Waals surface area contributed by atoms with Crippen molar-refractivity contribution in [3.8, 4) is 23.1 Å². The average Bonchev–Trinajstić information content (AvgIpc) is 3.48. The second-order valence-electron chi connectivity index (χ2n) is 8.71. The summed E-state index contributed by atoms with van der Waals surface area (Å²) in [6.07, 6.45) is 1.46. The van der Waals surface area contributed by atoms with Gasteiger partial charge in [-0.05, 0) is 12.1 Å². The molecule has 1 fully saturated rings. The highest BCUT2D eigenvalue weighted by Crippen LogP contribution is 2.42. The quantitative estimate of drug-likeness (QED) is 0.331. The zero-order valence-corrected chi connectivity index (χ0v) is 21.0. The Morgan fingerprint density at radius 3 is 2.29 bits per heavy atom. The highest BCUT2D eigenvalue weighted by atomic mass is 32.1. The zero-order valence-electron chi connectivity index (χ0n) is 20.2. The minimum absolute atomic E-state index is 0.129. The molecule has 0 spiro atoms. The highest BCUT2D eigenvalue weighted by Gasteiger charge is 2.37. The molecule has 3 heterocycles. The van der Waals surface area contributed by atoms with Crippen LogP contribution in [0, 0.1) is 0 Å². The van der Waals surface area contributed by atoms with Gasteiger partial charge in [0.2, 0.25) is 16.6 Å². The lowest BCUT2D eigenvalue weighted by atomic mass is 10.0. The third-order valence-corrected chi connectivity index (χ3v) is 7.82. The van der Waals surface area contributed by atoms with E-state index >= 15 is 0 Å². The number of hydrogen-bond acceptors (Lipinski definition) is 7. The molecule has 1 aliphatic heterocycles. The summed E-state index contributed by atoms with van der Waals surface area (Å²) in [5.41, 5.74) is 2.34. The van der Waals surface area contributed by atoms with Crippen molar-refractivity contribution in [2.24, 2.45) is 0 Å². The molecular weight excluding hydrogens is 466 g/mol. The van der Waals surface area contributed by atoms with E-state index in [1.54, 1.807) is 26.2 Å². The fraction of sp³-hybridized carbons (Fsp3) is 0.360. The van der Waals surface area contributed by atoms with Gasteiger partial charge in [-0.3, -0.25) is 0 Å². The van der Waals surface area contributed by atoms with Crippen LogP contribution in [0.3, 0.4) is 0 Å². The molecule has 2 aromatic heterocycles. The standard InChI is InChI=1S/C25H29N5O4S/c1-32-19-13-18(14-20(33-2)22(19)34-3)21(23-24(31)30-25(35-23)26-16-27-30)29-11-9-28(10-12-29)15-17-7-5-4-6-8-17/h4-8,13-14,16,21,31H,9-12,15H2,1-3H3/p+2/t21-/m0/s1. The van der Waals surface area contributed by atoms with Crippen LogP contribution in [-0.2, 0) is 6.54 Å². The van der Waals surface area contributed by atoms with Crippen molar-refractivity contribution in [3.05, 3.63) is 64.8 Å². The number of aromatic hydroxyl groups is 1. The lowest BCUT2D eigenvalue weighted by Crippen LogP contribution is -3.27. The van der Waals surface area contributed by atoms with Crippen molar-refractivity contribution in [1.82, 2.24) is 14.6 Å². The normalized spacial score (nSPS) is 18.9. The molecule has 0 saturated carbocycles. The minimum atomic E-state index is -0.129. The molecule has 5 rings (SSSR count). The molecule has 3 N–H and O–H groups in total. The maximum absolute atomic E-state index is 11.1. The maximum atomic E-state index is 11.1. The average molecular weight is 498 g/mol. The summed E-state index contributed by atoms with van der Waals surface area (Å²) in [5, 5.41) is 15.3. The van der Waals surface area contributed by atoms with E-state index in [-0.39, 0.29) is 11.9 Å². The second kappa shape index (κ2) is 10.1. The van der Waals surface area contributed by atoms with Gasteiger partial charge in [0.05, 0.1) is 21.3 Å². The first-order chi connectivity index (χ1) is 17.1. The SMILES string of the molecule is COc1cc([C@@H](c2sc3ncnn3c2O)[NH+]2CC[NH+](Cc3ccccc3)CC2)cc(OC)c1OC. The Balaban J connectivity index is 1.49. The van der Waals surface area contributed by atoms with Crippen molar-refractivity contribution < 1.29 is 29.1 Å². The van der Waals surface area contributed by atoms with Crippen molar-refractivity contribution in [1.29, 1.82) is 0 Å². The molecule has 0 bridgehead atoms. The molecule has 10 heteroatoms. The number of aromatic nitrogens is 3. The van der Waals surface area contributed by atoms with Gasteiger partial charge in [-0.1, -0.05) is 41.7 Å². The molecule has 1 aliphatic rings. The van der Waals surface area contributed by atoms with Crippen LogP contribution in [0.25, 0.3) is 4.96 Å². The number of piperazine rings is 1. The number of rotatable bonds is 8. The molecule has 0 unspecified atom stereocenters. The third-order valence-electron chi connectivity index (χ3n) is 6.73. The van der Waals surface area contributed by atoms with Crippen LogP contribution in [0.15, 0.2) is 48.8 Å². The van der Waals surface area contributed by atoms with E-state index in [1.807, 2.05) is 12.1 Å². The molecule has 4 aromatic rings. The molecule has 2 aromatic carbocycles. The van der Waals surface area contributed by atoms with Gasteiger partial charge in [0.25, 0.3) is 0 Å². The van der Waals surface area contributed by atoms with E-state index in [0.29, 0.717) is 22.2 Å². The van der Waals surface area contributed by atoms with Crippen LogP contribution in [0.1, 0.15) is 22.0 Å². The summed E-state index contributed by atoms with van der Waals surface area (Å²) < 4.78 is 18.3. The molecule has 0 amide bonds. The molecule has 0 aliphatic carbocycles. The van der Waals surface area contributed by atoms with E-state index in [0.717, 1.165) is 43.2 Å². The molecule has 0 radical (unpaired) electrons.